The topological polar surface area (TPSA) is 42.8 Å². The third-order valence-electron chi connectivity index (χ3n) is 3.47. The molecule has 0 aliphatic heterocycles. The first-order chi connectivity index (χ1) is 11.1. The normalized spacial score (nSPS) is 12.0. The van der Waals surface area contributed by atoms with Crippen molar-refractivity contribution < 1.29 is 14.4 Å². The van der Waals surface area contributed by atoms with Gasteiger partial charge in [0.15, 0.2) is 6.54 Å². The molecule has 1 atom stereocenters. The van der Waals surface area contributed by atoms with Gasteiger partial charge in [-0.1, -0.05) is 17.7 Å². The zero-order valence-electron chi connectivity index (χ0n) is 13.4. The van der Waals surface area contributed by atoms with E-state index in [0.717, 1.165) is 22.6 Å². The van der Waals surface area contributed by atoms with E-state index in [1.165, 1.54) is 4.88 Å². The molecule has 0 spiro atoms. The first-order valence-corrected chi connectivity index (χ1v) is 8.77. The predicted octanol–water partition coefficient (Wildman–Crippen LogP) is 1.78. The van der Waals surface area contributed by atoms with E-state index in [1.807, 2.05) is 30.6 Å². The second-order valence-corrected chi connectivity index (χ2v) is 6.91. The summed E-state index contributed by atoms with van der Waals surface area (Å²) in [5.41, 5.74) is 1.00. The molecule has 1 aromatic heterocycles. The van der Waals surface area contributed by atoms with Gasteiger partial charge in [-0.3, -0.25) is 4.79 Å². The Morgan fingerprint density at radius 1 is 1.39 bits per heavy atom. The third kappa shape index (κ3) is 5.86. The average Bonchev–Trinajstić information content (AvgIpc) is 3.00. The number of ether oxygens (including phenoxy) is 1. The summed E-state index contributed by atoms with van der Waals surface area (Å²) in [4.78, 5) is 14.4. The van der Waals surface area contributed by atoms with Crippen LogP contribution in [0.2, 0.25) is 5.02 Å². The summed E-state index contributed by atoms with van der Waals surface area (Å²) in [6.07, 6.45) is 0.880. The fourth-order valence-electron chi connectivity index (χ4n) is 2.39. The summed E-state index contributed by atoms with van der Waals surface area (Å²) >= 11 is 7.75. The molecule has 124 valence electrons. The Morgan fingerprint density at radius 3 is 2.91 bits per heavy atom. The van der Waals surface area contributed by atoms with Gasteiger partial charge in [0.25, 0.3) is 5.91 Å². The number of thiophene rings is 1. The maximum absolute atomic E-state index is 12.0. The SMILES string of the molecule is COc1ccc(Cl)cc1C[NH+](C)CC(=O)NCCc1cccs1. The first kappa shape index (κ1) is 17.8. The summed E-state index contributed by atoms with van der Waals surface area (Å²) in [6, 6.07) is 9.65. The molecule has 0 saturated carbocycles. The van der Waals surface area contributed by atoms with E-state index in [-0.39, 0.29) is 5.91 Å². The number of carbonyl (C=O) groups excluding carboxylic acids is 1. The molecular weight excluding hydrogens is 332 g/mol. The van der Waals surface area contributed by atoms with Crippen LogP contribution in [0.3, 0.4) is 0 Å². The van der Waals surface area contributed by atoms with Crippen molar-refractivity contribution in [3.8, 4) is 5.75 Å². The molecule has 0 aliphatic carbocycles. The summed E-state index contributed by atoms with van der Waals surface area (Å²) in [5, 5.41) is 5.69. The van der Waals surface area contributed by atoms with Crippen molar-refractivity contribution in [1.82, 2.24) is 5.32 Å². The molecule has 0 bridgehead atoms. The highest BCUT2D eigenvalue weighted by molar-refractivity contribution is 7.09. The van der Waals surface area contributed by atoms with Crippen LogP contribution < -0.4 is 15.0 Å². The smallest absolute Gasteiger partial charge is 0.275 e. The van der Waals surface area contributed by atoms with Crippen LogP contribution >= 0.6 is 22.9 Å². The first-order valence-electron chi connectivity index (χ1n) is 7.51. The lowest BCUT2D eigenvalue weighted by Gasteiger charge is -2.16. The molecule has 0 fully saturated rings. The standard InChI is InChI=1S/C17H21ClN2O2S/c1-20(11-13-10-14(18)5-6-16(13)22-2)12-17(21)19-8-7-15-4-3-9-23-15/h3-6,9-10H,7-8,11-12H2,1-2H3,(H,19,21)/p+1. The zero-order chi connectivity index (χ0) is 16.7. The largest absolute Gasteiger partial charge is 0.496 e. The lowest BCUT2D eigenvalue weighted by molar-refractivity contribution is -0.885. The molecule has 0 saturated heterocycles. The molecule has 1 aromatic carbocycles. The zero-order valence-corrected chi connectivity index (χ0v) is 15.0. The van der Waals surface area contributed by atoms with Crippen LogP contribution in [0, 0.1) is 0 Å². The van der Waals surface area contributed by atoms with E-state index >= 15 is 0 Å². The lowest BCUT2D eigenvalue weighted by Crippen LogP contribution is -3.08. The van der Waals surface area contributed by atoms with Gasteiger partial charge in [0, 0.05) is 22.0 Å². The maximum Gasteiger partial charge on any atom is 0.275 e. The molecule has 2 aromatic rings. The van der Waals surface area contributed by atoms with E-state index < -0.39 is 0 Å². The van der Waals surface area contributed by atoms with Crippen molar-refractivity contribution in [2.75, 3.05) is 27.2 Å². The minimum Gasteiger partial charge on any atom is -0.496 e. The van der Waals surface area contributed by atoms with Crippen LogP contribution in [-0.2, 0) is 17.8 Å². The van der Waals surface area contributed by atoms with Crippen LogP contribution in [0.25, 0.3) is 0 Å². The highest BCUT2D eigenvalue weighted by Gasteiger charge is 2.13. The fraction of sp³-hybridized carbons (Fsp3) is 0.353. The molecule has 6 heteroatoms. The molecule has 2 N–H and O–H groups in total. The minimum atomic E-state index is 0.0556. The van der Waals surface area contributed by atoms with E-state index in [1.54, 1.807) is 24.5 Å². The van der Waals surface area contributed by atoms with Gasteiger partial charge >= 0.3 is 0 Å². The highest BCUT2D eigenvalue weighted by Crippen LogP contribution is 2.21. The van der Waals surface area contributed by atoms with Gasteiger partial charge in [-0.2, -0.15) is 0 Å². The van der Waals surface area contributed by atoms with Gasteiger partial charge in [0.05, 0.1) is 14.2 Å². The lowest BCUT2D eigenvalue weighted by atomic mass is 10.2. The van der Waals surface area contributed by atoms with E-state index in [2.05, 4.69) is 11.4 Å². The number of hydrogen-bond donors (Lipinski definition) is 2. The van der Waals surface area contributed by atoms with Crippen molar-refractivity contribution in [1.29, 1.82) is 0 Å². The van der Waals surface area contributed by atoms with Gasteiger partial charge in [-0.15, -0.1) is 11.3 Å². The third-order valence-corrected chi connectivity index (χ3v) is 4.64. The minimum absolute atomic E-state index is 0.0556. The number of benzene rings is 1. The van der Waals surface area contributed by atoms with Gasteiger partial charge in [-0.25, -0.2) is 0 Å². The number of likely N-dealkylation sites (N-methyl/N-ethyl adjacent to an activating group) is 1. The number of quaternary nitrogens is 1. The van der Waals surface area contributed by atoms with Crippen molar-refractivity contribution in [2.45, 2.75) is 13.0 Å². The quantitative estimate of drug-likeness (QED) is 0.759. The summed E-state index contributed by atoms with van der Waals surface area (Å²) in [7, 11) is 3.62. The number of hydrogen-bond acceptors (Lipinski definition) is 3. The molecule has 1 heterocycles. The molecule has 1 unspecified atom stereocenters. The molecule has 4 nitrogen and oxygen atoms in total. The van der Waals surface area contributed by atoms with Crippen LogP contribution in [-0.4, -0.2) is 33.2 Å². The number of amides is 1. The van der Waals surface area contributed by atoms with Crippen LogP contribution in [0.1, 0.15) is 10.4 Å². The van der Waals surface area contributed by atoms with Crippen molar-refractivity contribution >= 4 is 28.8 Å². The second kappa shape index (κ2) is 8.91. The average molecular weight is 354 g/mol. The molecule has 1 amide bonds. The summed E-state index contributed by atoms with van der Waals surface area (Å²) in [5.74, 6) is 0.854. The fourth-order valence-corrected chi connectivity index (χ4v) is 3.29. The molecular formula is C17H22ClN2O2S+. The van der Waals surface area contributed by atoms with E-state index in [9.17, 15) is 4.79 Å². The Kier molecular flexibility index (Phi) is 6.89. The Morgan fingerprint density at radius 2 is 2.22 bits per heavy atom. The van der Waals surface area contributed by atoms with Crippen molar-refractivity contribution in [3.05, 3.63) is 51.2 Å². The van der Waals surface area contributed by atoms with Crippen LogP contribution in [0.15, 0.2) is 35.7 Å². The van der Waals surface area contributed by atoms with Crippen molar-refractivity contribution in [3.63, 3.8) is 0 Å². The summed E-state index contributed by atoms with van der Waals surface area (Å²) < 4.78 is 5.34. The Labute approximate surface area is 146 Å². The van der Waals surface area contributed by atoms with Gasteiger partial charge in [0.1, 0.15) is 12.3 Å². The number of nitrogens with one attached hydrogen (secondary N) is 2. The Bertz CT molecular complexity index is 632. The summed E-state index contributed by atoms with van der Waals surface area (Å²) in [6.45, 7) is 1.77. The number of halogens is 1. The predicted molar refractivity (Wildman–Crippen MR) is 94.5 cm³/mol. The van der Waals surface area contributed by atoms with Gasteiger partial charge in [-0.05, 0) is 36.1 Å². The van der Waals surface area contributed by atoms with Crippen LogP contribution in [0.5, 0.6) is 5.75 Å². The Balaban J connectivity index is 1.78. The molecule has 23 heavy (non-hydrogen) atoms. The molecule has 0 aliphatic rings. The van der Waals surface area contributed by atoms with Gasteiger partial charge in [0.2, 0.25) is 0 Å². The van der Waals surface area contributed by atoms with Crippen LogP contribution in [0.4, 0.5) is 0 Å². The molecule has 0 radical (unpaired) electrons. The van der Waals surface area contributed by atoms with Gasteiger partial charge < -0.3 is 15.0 Å². The second-order valence-electron chi connectivity index (χ2n) is 5.45. The molecule has 2 rings (SSSR count). The van der Waals surface area contributed by atoms with Crippen molar-refractivity contribution in [2.24, 2.45) is 0 Å². The highest BCUT2D eigenvalue weighted by atomic mass is 35.5. The number of methoxy groups -OCH3 is 1. The monoisotopic (exact) mass is 353 g/mol. The number of carbonyl (C=O) groups is 1. The van der Waals surface area contributed by atoms with E-state index in [4.69, 9.17) is 16.3 Å². The maximum atomic E-state index is 12.0. The van der Waals surface area contributed by atoms with E-state index in [0.29, 0.717) is 24.7 Å². The number of rotatable bonds is 8. The Hall–Kier alpha value is -1.56.